The van der Waals surface area contributed by atoms with E-state index in [1.54, 1.807) is 6.08 Å². The van der Waals surface area contributed by atoms with E-state index in [4.69, 9.17) is 14.7 Å². The van der Waals surface area contributed by atoms with E-state index in [1.165, 1.54) is 0 Å². The molecule has 0 unspecified atom stereocenters. The van der Waals surface area contributed by atoms with Gasteiger partial charge in [-0.25, -0.2) is 9.97 Å². The van der Waals surface area contributed by atoms with Crippen molar-refractivity contribution in [3.63, 3.8) is 0 Å². The number of hydrogen-bond donors (Lipinski definition) is 2. The third-order valence-electron chi connectivity index (χ3n) is 9.45. The molecule has 4 aromatic carbocycles. The zero-order valence-corrected chi connectivity index (χ0v) is 28.4. The first-order chi connectivity index (χ1) is 25.7. The Balaban J connectivity index is 1.43. The summed E-state index contributed by atoms with van der Waals surface area (Å²) in [5, 5.41) is 0. The van der Waals surface area contributed by atoms with Crippen LogP contribution in [0.1, 0.15) is 22.8 Å². The van der Waals surface area contributed by atoms with E-state index < -0.39 is 0 Å². The summed E-state index contributed by atoms with van der Waals surface area (Å²) in [6.45, 7) is 4.23. The highest BCUT2D eigenvalue weighted by Crippen LogP contribution is 2.38. The van der Waals surface area contributed by atoms with Crippen LogP contribution in [0, 0.1) is 0 Å². The van der Waals surface area contributed by atoms with E-state index in [1.807, 2.05) is 30.3 Å². The first-order valence-corrected chi connectivity index (χ1v) is 17.4. The third kappa shape index (κ3) is 5.74. The number of aromatic nitrogens is 4. The fourth-order valence-electron chi connectivity index (χ4n) is 7.11. The summed E-state index contributed by atoms with van der Waals surface area (Å²) in [6.07, 6.45) is 10.2. The van der Waals surface area contributed by atoms with E-state index >= 15 is 0 Å². The normalized spacial score (nSPS) is 11.8. The van der Waals surface area contributed by atoms with Crippen molar-refractivity contribution in [1.29, 1.82) is 0 Å². The quantitative estimate of drug-likeness (QED) is 0.166. The largest absolute Gasteiger partial charge is 0.490 e. The van der Waals surface area contributed by atoms with Crippen molar-refractivity contribution >= 4 is 46.4 Å². The number of benzene rings is 4. The molecule has 52 heavy (non-hydrogen) atoms. The van der Waals surface area contributed by atoms with Crippen molar-refractivity contribution < 1.29 is 4.74 Å². The number of fused-ring (bicyclic) bond motifs is 8. The van der Waals surface area contributed by atoms with Gasteiger partial charge in [-0.05, 0) is 83.0 Å². The van der Waals surface area contributed by atoms with Crippen LogP contribution in [0.25, 0.3) is 90.9 Å². The van der Waals surface area contributed by atoms with Crippen LogP contribution in [-0.2, 0) is 0 Å². The van der Waals surface area contributed by atoms with Crippen LogP contribution in [0.2, 0.25) is 0 Å². The van der Waals surface area contributed by atoms with Crippen LogP contribution in [0.15, 0.2) is 152 Å². The smallest absolute Gasteiger partial charge is 0.119 e. The van der Waals surface area contributed by atoms with Gasteiger partial charge in [0, 0.05) is 44.3 Å². The highest BCUT2D eigenvalue weighted by atomic mass is 16.5. The van der Waals surface area contributed by atoms with Gasteiger partial charge >= 0.3 is 0 Å². The molecule has 5 heterocycles. The fourth-order valence-corrected chi connectivity index (χ4v) is 7.11. The van der Waals surface area contributed by atoms with Crippen molar-refractivity contribution in [3.8, 4) is 50.3 Å². The number of nitrogens with one attached hydrogen (secondary N) is 2. The Morgan fingerprint density at radius 3 is 1.08 bits per heavy atom. The number of aromatic amines is 2. The van der Waals surface area contributed by atoms with Crippen molar-refractivity contribution in [2.24, 2.45) is 0 Å². The lowest BCUT2D eigenvalue weighted by atomic mass is 10.0. The standard InChI is InChI=1S/C47H34N4O/c1-2-30-52-35-20-18-34(19-21-35)47-42-28-26-40(50-42)45(32-14-8-4-9-15-32)38-24-22-36(48-38)44(31-12-6-3-7-13-31)37-23-25-39(49-37)46(33-16-10-5-11-17-33)41-27-29-43(47)51-41/h2-29,48,51H,1,30H2. The zero-order valence-electron chi connectivity index (χ0n) is 28.4. The molecule has 7 aromatic rings. The maximum Gasteiger partial charge on any atom is 0.119 e. The van der Waals surface area contributed by atoms with Gasteiger partial charge in [-0.1, -0.05) is 116 Å². The molecule has 2 aliphatic heterocycles. The van der Waals surface area contributed by atoms with Gasteiger partial charge in [0.1, 0.15) is 12.4 Å². The van der Waals surface area contributed by atoms with Gasteiger partial charge < -0.3 is 14.7 Å². The second-order valence-corrected chi connectivity index (χ2v) is 12.7. The predicted molar refractivity (Wildman–Crippen MR) is 216 cm³/mol. The summed E-state index contributed by atoms with van der Waals surface area (Å²) in [5.41, 5.74) is 15.7. The zero-order chi connectivity index (χ0) is 34.9. The molecule has 0 atom stereocenters. The van der Waals surface area contributed by atoms with Gasteiger partial charge in [0.25, 0.3) is 0 Å². The molecular formula is C47H34N4O. The molecule has 0 spiro atoms. The SMILES string of the molecule is C=CCOc1ccc(-c2c3nc(c(-c4ccccc4)c4ccc([nH]4)c(-c4ccccc4)c4nc(c(-c5ccccc5)c5ccc2[nH]5)C=C4)C=C3)cc1. The monoisotopic (exact) mass is 670 g/mol. The maximum absolute atomic E-state index is 5.83. The van der Waals surface area contributed by atoms with Crippen LogP contribution < -0.4 is 4.74 Å². The Kier molecular flexibility index (Phi) is 7.99. The molecular weight excluding hydrogens is 637 g/mol. The molecule has 0 radical (unpaired) electrons. The Morgan fingerprint density at radius 2 is 0.750 bits per heavy atom. The van der Waals surface area contributed by atoms with Gasteiger partial charge in [0.05, 0.1) is 22.8 Å². The molecule has 0 saturated heterocycles. The van der Waals surface area contributed by atoms with Gasteiger partial charge in [0.2, 0.25) is 0 Å². The first-order valence-electron chi connectivity index (χ1n) is 17.4. The summed E-state index contributed by atoms with van der Waals surface area (Å²) < 4.78 is 5.83. The Hall–Kier alpha value is -6.98. The molecule has 9 rings (SSSR count). The summed E-state index contributed by atoms with van der Waals surface area (Å²) in [6, 6.07) is 48.2. The molecule has 0 saturated carbocycles. The summed E-state index contributed by atoms with van der Waals surface area (Å²) >= 11 is 0. The number of nitrogens with zero attached hydrogens (tertiary/aromatic N) is 2. The van der Waals surface area contributed by atoms with Gasteiger partial charge in [-0.2, -0.15) is 0 Å². The van der Waals surface area contributed by atoms with Crippen molar-refractivity contribution in [1.82, 2.24) is 19.9 Å². The molecule has 3 aromatic heterocycles. The molecule has 2 N–H and O–H groups in total. The van der Waals surface area contributed by atoms with Crippen molar-refractivity contribution in [3.05, 3.63) is 175 Å². The lowest BCUT2D eigenvalue weighted by molar-refractivity contribution is 0.363. The van der Waals surface area contributed by atoms with Crippen LogP contribution in [0.3, 0.4) is 0 Å². The van der Waals surface area contributed by atoms with Gasteiger partial charge in [-0.3, -0.25) is 0 Å². The molecule has 0 amide bonds. The minimum absolute atomic E-state index is 0.447. The lowest BCUT2D eigenvalue weighted by Gasteiger charge is -2.08. The van der Waals surface area contributed by atoms with E-state index in [0.717, 1.165) is 95.1 Å². The third-order valence-corrected chi connectivity index (χ3v) is 9.45. The first kappa shape index (κ1) is 31.0. The average Bonchev–Trinajstić information content (AvgIpc) is 4.04. The summed E-state index contributed by atoms with van der Waals surface area (Å²) in [4.78, 5) is 18.3. The highest BCUT2D eigenvalue weighted by molar-refractivity contribution is 5.99. The molecule has 0 fully saturated rings. The number of rotatable bonds is 7. The summed E-state index contributed by atoms with van der Waals surface area (Å²) in [7, 11) is 0. The maximum atomic E-state index is 5.83. The van der Waals surface area contributed by atoms with E-state index in [0.29, 0.717) is 6.61 Å². The number of ether oxygens (including phenoxy) is 1. The van der Waals surface area contributed by atoms with E-state index in [-0.39, 0.29) is 0 Å². The predicted octanol–water partition coefficient (Wildman–Crippen LogP) is 11.9. The van der Waals surface area contributed by atoms with E-state index in [9.17, 15) is 0 Å². The Labute approximate surface area is 302 Å². The molecule has 0 aliphatic carbocycles. The van der Waals surface area contributed by atoms with E-state index in [2.05, 4.69) is 150 Å². The second-order valence-electron chi connectivity index (χ2n) is 12.7. The topological polar surface area (TPSA) is 66.6 Å². The van der Waals surface area contributed by atoms with Crippen LogP contribution in [0.5, 0.6) is 5.75 Å². The van der Waals surface area contributed by atoms with Crippen molar-refractivity contribution in [2.45, 2.75) is 0 Å². The lowest BCUT2D eigenvalue weighted by Crippen LogP contribution is -1.92. The van der Waals surface area contributed by atoms with Crippen molar-refractivity contribution in [2.75, 3.05) is 6.61 Å². The highest BCUT2D eigenvalue weighted by Gasteiger charge is 2.18. The molecule has 8 bridgehead atoms. The van der Waals surface area contributed by atoms with Gasteiger partial charge in [0.15, 0.2) is 0 Å². The summed E-state index contributed by atoms with van der Waals surface area (Å²) in [5.74, 6) is 0.785. The minimum atomic E-state index is 0.447. The van der Waals surface area contributed by atoms with Gasteiger partial charge in [-0.15, -0.1) is 0 Å². The number of H-pyrrole nitrogens is 2. The van der Waals surface area contributed by atoms with Crippen LogP contribution in [0.4, 0.5) is 0 Å². The Morgan fingerprint density at radius 1 is 0.423 bits per heavy atom. The number of hydrogen-bond acceptors (Lipinski definition) is 3. The Bertz CT molecular complexity index is 2630. The molecule has 5 heteroatoms. The minimum Gasteiger partial charge on any atom is -0.490 e. The fraction of sp³-hybridized carbons (Fsp3) is 0.0213. The molecule has 5 nitrogen and oxygen atoms in total. The second kappa shape index (κ2) is 13.4. The van der Waals surface area contributed by atoms with Crippen LogP contribution in [-0.4, -0.2) is 26.5 Å². The average molecular weight is 671 g/mol. The molecule has 2 aliphatic rings. The molecule has 248 valence electrons. The van der Waals surface area contributed by atoms with Crippen LogP contribution >= 0.6 is 0 Å².